The molecule has 3 N–H and O–H groups in total. The number of aromatic nitrogens is 2. The van der Waals surface area contributed by atoms with Gasteiger partial charge in [0.1, 0.15) is 12.4 Å². The molecule has 3 atom stereocenters. The lowest BCUT2D eigenvalue weighted by Gasteiger charge is -2.42. The predicted molar refractivity (Wildman–Crippen MR) is 130 cm³/mol. The quantitative estimate of drug-likeness (QED) is 0.428. The van der Waals surface area contributed by atoms with Crippen molar-refractivity contribution in [3.63, 3.8) is 0 Å². The number of halogens is 4. The van der Waals surface area contributed by atoms with Gasteiger partial charge in [-0.05, 0) is 63.3 Å². The second-order valence-corrected chi connectivity index (χ2v) is 11.0. The Morgan fingerprint density at radius 1 is 1.14 bits per heavy atom. The van der Waals surface area contributed by atoms with Crippen LogP contribution in [0.15, 0.2) is 42.7 Å². The number of nitrogens with one attached hydrogen (secondary N) is 1. The zero-order valence-corrected chi connectivity index (χ0v) is 20.8. The van der Waals surface area contributed by atoms with Crippen LogP contribution in [0.25, 0.3) is 11.0 Å². The molecule has 1 saturated carbocycles. The fraction of sp³-hybridized carbons (Fsp3) is 0.500. The first-order chi connectivity index (χ1) is 16.8. The van der Waals surface area contributed by atoms with Gasteiger partial charge in [-0.3, -0.25) is 0 Å². The summed E-state index contributed by atoms with van der Waals surface area (Å²) in [6.07, 6.45) is -1.63. The zero-order valence-electron chi connectivity index (χ0n) is 20.0. The Bertz CT molecular complexity index is 1250. The van der Waals surface area contributed by atoms with E-state index in [-0.39, 0.29) is 41.5 Å². The van der Waals surface area contributed by atoms with Gasteiger partial charge >= 0.3 is 6.18 Å². The van der Waals surface area contributed by atoms with Crippen LogP contribution in [-0.4, -0.2) is 44.1 Å². The number of aliphatic hydroxyl groups is 2. The van der Waals surface area contributed by atoms with E-state index in [0.29, 0.717) is 30.7 Å². The van der Waals surface area contributed by atoms with Crippen LogP contribution in [0.2, 0.25) is 5.02 Å². The molecule has 36 heavy (non-hydrogen) atoms. The van der Waals surface area contributed by atoms with Crippen molar-refractivity contribution in [2.45, 2.75) is 75.0 Å². The summed E-state index contributed by atoms with van der Waals surface area (Å²) in [5, 5.41) is 25.4. The summed E-state index contributed by atoms with van der Waals surface area (Å²) in [7, 11) is 0. The first-order valence-electron chi connectivity index (χ1n) is 12.0. The van der Waals surface area contributed by atoms with Crippen LogP contribution < -0.4 is 10.1 Å². The number of piperidine rings is 1. The first-order valence-corrected chi connectivity index (χ1v) is 12.4. The summed E-state index contributed by atoms with van der Waals surface area (Å²) in [6.45, 7) is 3.70. The molecule has 3 aromatic rings. The number of alkyl halides is 3. The number of hydrogen-bond donors (Lipinski definition) is 3. The Balaban J connectivity index is 1.37. The minimum absolute atomic E-state index is 0.00289. The molecule has 1 saturated heterocycles. The van der Waals surface area contributed by atoms with Gasteiger partial charge < -0.3 is 24.8 Å². The predicted octanol–water partition coefficient (Wildman–Crippen LogP) is 5.20. The molecule has 1 aliphatic heterocycles. The van der Waals surface area contributed by atoms with E-state index in [1.165, 1.54) is 17.0 Å². The first kappa shape index (κ1) is 25.3. The van der Waals surface area contributed by atoms with E-state index in [9.17, 15) is 23.4 Å². The molecule has 6 nitrogen and oxygen atoms in total. The fourth-order valence-corrected chi connectivity index (χ4v) is 5.82. The van der Waals surface area contributed by atoms with Crippen LogP contribution >= 0.6 is 11.6 Å². The van der Waals surface area contributed by atoms with Crippen LogP contribution in [0.5, 0.6) is 5.75 Å². The monoisotopic (exact) mass is 523 g/mol. The molecule has 0 bridgehead atoms. The molecule has 0 amide bonds. The van der Waals surface area contributed by atoms with E-state index in [2.05, 4.69) is 10.3 Å². The van der Waals surface area contributed by atoms with Crippen LogP contribution in [0.1, 0.15) is 56.7 Å². The molecule has 10 heteroatoms. The summed E-state index contributed by atoms with van der Waals surface area (Å²) >= 11 is 5.99. The van der Waals surface area contributed by atoms with Crippen LogP contribution in [-0.2, 0) is 11.8 Å². The third-order valence-electron chi connectivity index (χ3n) is 7.27. The number of benzene rings is 2. The summed E-state index contributed by atoms with van der Waals surface area (Å²) in [5.74, 6) is 0.0655. The highest BCUT2D eigenvalue weighted by Gasteiger charge is 2.43. The molecule has 0 spiro atoms. The molecule has 2 aromatic carbocycles. The largest absolute Gasteiger partial charge is 0.492 e. The van der Waals surface area contributed by atoms with Gasteiger partial charge in [-0.1, -0.05) is 23.7 Å². The number of hydrogen-bond acceptors (Lipinski definition) is 5. The normalized spacial score (nSPS) is 30.8. The molecule has 0 unspecified atom stereocenters. The van der Waals surface area contributed by atoms with Crippen molar-refractivity contribution >= 4 is 22.6 Å². The van der Waals surface area contributed by atoms with E-state index >= 15 is 0 Å². The highest BCUT2D eigenvalue weighted by molar-refractivity contribution is 6.30. The maximum atomic E-state index is 14.1. The Kier molecular flexibility index (Phi) is 6.26. The number of imidazole rings is 1. The number of ether oxygens (including phenoxy) is 1. The van der Waals surface area contributed by atoms with Gasteiger partial charge in [0.2, 0.25) is 0 Å². The molecule has 194 valence electrons. The van der Waals surface area contributed by atoms with E-state index < -0.39 is 22.9 Å². The van der Waals surface area contributed by atoms with Crippen molar-refractivity contribution in [2.75, 3.05) is 6.61 Å². The average molecular weight is 524 g/mol. The lowest BCUT2D eigenvalue weighted by molar-refractivity contribution is -0.136. The second kappa shape index (κ2) is 8.90. The van der Waals surface area contributed by atoms with Gasteiger partial charge in [-0.25, -0.2) is 4.98 Å². The third kappa shape index (κ3) is 4.94. The lowest BCUT2D eigenvalue weighted by atomic mass is 9.77. The van der Waals surface area contributed by atoms with Gasteiger partial charge in [0.25, 0.3) is 0 Å². The number of nitrogens with zero attached hydrogens (tertiary/aromatic N) is 2. The minimum Gasteiger partial charge on any atom is -0.492 e. The smallest absolute Gasteiger partial charge is 0.418 e. The molecule has 1 aromatic heterocycles. The Labute approximate surface area is 212 Å². The molecule has 2 fully saturated rings. The van der Waals surface area contributed by atoms with Crippen molar-refractivity contribution in [1.29, 1.82) is 0 Å². The van der Waals surface area contributed by atoms with Crippen molar-refractivity contribution in [2.24, 2.45) is 0 Å². The zero-order chi connectivity index (χ0) is 25.9. The highest BCUT2D eigenvalue weighted by atomic mass is 35.5. The number of fused-ring (bicyclic) bond motifs is 1. The van der Waals surface area contributed by atoms with Gasteiger partial charge in [-0.2, -0.15) is 13.2 Å². The van der Waals surface area contributed by atoms with E-state index in [0.717, 1.165) is 11.6 Å². The lowest BCUT2D eigenvalue weighted by Crippen LogP contribution is -2.53. The molecule has 0 radical (unpaired) electrons. The van der Waals surface area contributed by atoms with Gasteiger partial charge in [0.15, 0.2) is 0 Å². The summed E-state index contributed by atoms with van der Waals surface area (Å²) < 4.78 is 49.5. The topological polar surface area (TPSA) is 79.5 Å². The van der Waals surface area contributed by atoms with Gasteiger partial charge in [-0.15, -0.1) is 0 Å². The molecule has 5 rings (SSSR count). The SMILES string of the molecule is C[C@H]1C[C@@](O)(c2ccc(Cl)cc2)C[C@@H](COc2cc(C(F)(F)F)c3c(c2)ncn3C2CC(C)(O)C2)N1. The van der Waals surface area contributed by atoms with E-state index in [4.69, 9.17) is 16.3 Å². The van der Waals surface area contributed by atoms with Crippen LogP contribution in [0, 0.1) is 0 Å². The van der Waals surface area contributed by atoms with Crippen LogP contribution in [0.3, 0.4) is 0 Å². The summed E-state index contributed by atoms with van der Waals surface area (Å²) in [4.78, 5) is 4.22. The number of rotatable bonds is 5. The molecule has 2 aliphatic rings. The fourth-order valence-electron chi connectivity index (χ4n) is 5.69. The van der Waals surface area contributed by atoms with Crippen molar-refractivity contribution in [3.05, 3.63) is 58.9 Å². The average Bonchev–Trinajstić information content (AvgIpc) is 3.18. The second-order valence-electron chi connectivity index (χ2n) is 10.6. The standard InChI is InChI=1S/C26H29ClF3N3O3/c1-15-9-25(35,16-3-5-17(27)6-4-16)10-18(32-15)13-36-20-7-21(26(28,29)30)23-22(8-20)31-14-33(23)19-11-24(2,34)12-19/h3-8,14-15,18-19,32,34-35H,9-13H2,1-2H3/t15-,18-,19?,24?,25-/m0/s1. The van der Waals surface area contributed by atoms with Crippen LogP contribution in [0.4, 0.5) is 13.2 Å². The van der Waals surface area contributed by atoms with E-state index in [1.54, 1.807) is 31.2 Å². The van der Waals surface area contributed by atoms with E-state index in [1.807, 2.05) is 6.92 Å². The minimum atomic E-state index is -4.60. The third-order valence-corrected chi connectivity index (χ3v) is 7.53. The van der Waals surface area contributed by atoms with Crippen molar-refractivity contribution < 1.29 is 28.1 Å². The van der Waals surface area contributed by atoms with Crippen molar-refractivity contribution in [3.8, 4) is 5.75 Å². The molecular weight excluding hydrogens is 495 g/mol. The molecule has 1 aliphatic carbocycles. The Hall–Kier alpha value is -2.33. The van der Waals surface area contributed by atoms with Gasteiger partial charge in [0.05, 0.1) is 34.1 Å². The highest BCUT2D eigenvalue weighted by Crippen LogP contribution is 2.45. The van der Waals surface area contributed by atoms with Crippen molar-refractivity contribution in [1.82, 2.24) is 14.9 Å². The summed E-state index contributed by atoms with van der Waals surface area (Å²) in [5.41, 5.74) is -1.87. The Morgan fingerprint density at radius 3 is 2.47 bits per heavy atom. The van der Waals surface area contributed by atoms with Gasteiger partial charge in [0, 0.05) is 29.2 Å². The Morgan fingerprint density at radius 2 is 1.83 bits per heavy atom. The molecular formula is C26H29ClF3N3O3. The summed E-state index contributed by atoms with van der Waals surface area (Å²) in [6, 6.07) is 9.00. The maximum Gasteiger partial charge on any atom is 0.418 e. The molecule has 2 heterocycles. The maximum absolute atomic E-state index is 14.1.